The number of rotatable bonds is 7. The number of fused-ring (bicyclic) bond motifs is 1. The van der Waals surface area contributed by atoms with Gasteiger partial charge in [0.05, 0.1) is 17.2 Å². The molecule has 0 unspecified atom stereocenters. The van der Waals surface area contributed by atoms with Gasteiger partial charge >= 0.3 is 5.97 Å². The molecule has 2 fully saturated rings. The number of carbonyl (C=O) groups excluding carboxylic acids is 4. The fourth-order valence-electron chi connectivity index (χ4n) is 4.29. The van der Waals surface area contributed by atoms with Crippen LogP contribution in [-0.2, 0) is 19.1 Å². The van der Waals surface area contributed by atoms with Gasteiger partial charge in [-0.25, -0.2) is 4.79 Å². The number of benzene rings is 1. The minimum absolute atomic E-state index is 0.00710. The molecule has 30 heavy (non-hydrogen) atoms. The molecule has 4 atom stereocenters. The van der Waals surface area contributed by atoms with Crippen LogP contribution in [0.4, 0.5) is 0 Å². The second-order valence-corrected chi connectivity index (χ2v) is 7.50. The largest absolute Gasteiger partial charge is 0.478 e. The minimum Gasteiger partial charge on any atom is -0.478 e. The smallest absolute Gasteiger partial charge is 0.354 e. The normalized spacial score (nSPS) is 26.6. The van der Waals surface area contributed by atoms with Gasteiger partial charge in [0.15, 0.2) is 5.78 Å². The van der Waals surface area contributed by atoms with Gasteiger partial charge in [-0.2, -0.15) is 0 Å². The molecule has 10 heteroatoms. The molecule has 3 aliphatic heterocycles. The van der Waals surface area contributed by atoms with E-state index in [0.717, 1.165) is 11.3 Å². The van der Waals surface area contributed by atoms with Gasteiger partial charge in [-0.3, -0.25) is 29.0 Å². The number of hydrogen-bond donors (Lipinski definition) is 2. The number of β-lactam (4-membered cyclic amide) rings is 1. The number of nitrogens with zero attached hydrogens (tertiary/aromatic N) is 2. The third kappa shape index (κ3) is 3.08. The molecule has 0 radical (unpaired) electrons. The second kappa shape index (κ2) is 7.62. The van der Waals surface area contributed by atoms with Gasteiger partial charge in [-0.1, -0.05) is 12.1 Å². The van der Waals surface area contributed by atoms with Crippen LogP contribution in [0.1, 0.15) is 46.4 Å². The first-order valence-corrected chi connectivity index (χ1v) is 9.67. The van der Waals surface area contributed by atoms with Crippen molar-refractivity contribution >= 4 is 29.5 Å². The van der Waals surface area contributed by atoms with Crippen molar-refractivity contribution in [2.45, 2.75) is 50.1 Å². The summed E-state index contributed by atoms with van der Waals surface area (Å²) in [5.74, 6) is -4.01. The highest BCUT2D eigenvalue weighted by atomic mass is 16.5. The molecule has 0 aromatic heterocycles. The number of hydrogen-bond acceptors (Lipinski definition) is 7. The van der Waals surface area contributed by atoms with Gasteiger partial charge in [0.25, 0.3) is 17.7 Å². The highest BCUT2D eigenvalue weighted by Crippen LogP contribution is 2.36. The molecule has 0 spiro atoms. The quantitative estimate of drug-likeness (QED) is 0.460. The van der Waals surface area contributed by atoms with E-state index in [-0.39, 0.29) is 29.8 Å². The van der Waals surface area contributed by atoms with Crippen LogP contribution in [0.5, 0.6) is 0 Å². The third-order valence-corrected chi connectivity index (χ3v) is 5.79. The molecule has 10 nitrogen and oxygen atoms in total. The molecule has 0 bridgehead atoms. The summed E-state index contributed by atoms with van der Waals surface area (Å²) < 4.78 is 5.34. The van der Waals surface area contributed by atoms with Crippen LogP contribution < -0.4 is 0 Å². The number of Topliss-reactive ketones (excluding diaryl/α,β-unsaturated/α-hetero) is 1. The molecule has 158 valence electrons. The lowest BCUT2D eigenvalue weighted by atomic mass is 9.87. The van der Waals surface area contributed by atoms with Crippen molar-refractivity contribution in [2.24, 2.45) is 0 Å². The number of carboxylic acid groups (broad SMARTS) is 1. The van der Waals surface area contributed by atoms with Crippen LogP contribution >= 0.6 is 0 Å². The first-order chi connectivity index (χ1) is 14.3. The van der Waals surface area contributed by atoms with Crippen LogP contribution in [0.2, 0.25) is 0 Å². The maximum atomic E-state index is 12.8. The lowest BCUT2D eigenvalue weighted by Crippen LogP contribution is -2.74. The van der Waals surface area contributed by atoms with E-state index in [0.29, 0.717) is 17.9 Å². The maximum Gasteiger partial charge on any atom is 0.354 e. The molecule has 0 saturated carbocycles. The van der Waals surface area contributed by atoms with E-state index >= 15 is 0 Å². The van der Waals surface area contributed by atoms with Crippen molar-refractivity contribution in [3.63, 3.8) is 0 Å². The predicted octanol–water partition coefficient (Wildman–Crippen LogP) is -0.207. The summed E-state index contributed by atoms with van der Waals surface area (Å²) in [7, 11) is 0. The third-order valence-electron chi connectivity index (χ3n) is 5.79. The Labute approximate surface area is 171 Å². The zero-order valence-corrected chi connectivity index (χ0v) is 15.9. The number of carbonyl (C=O) groups is 5. The van der Waals surface area contributed by atoms with Crippen LogP contribution in [0, 0.1) is 0 Å². The van der Waals surface area contributed by atoms with E-state index in [1.165, 1.54) is 12.1 Å². The Morgan fingerprint density at radius 2 is 1.77 bits per heavy atom. The molecule has 0 aliphatic carbocycles. The number of aliphatic hydroxyl groups is 1. The van der Waals surface area contributed by atoms with Crippen LogP contribution in [0.25, 0.3) is 0 Å². The Kier molecular flexibility index (Phi) is 5.12. The fraction of sp³-hybridized carbons (Fsp3) is 0.450. The SMILES string of the molecule is O=C(CC[C@@H]1[C@H](N2C(=O)c3ccccc3C2=O)C(=O)N1[C@@H](O)C(=O)O)[C@@H]1CCCO1. The highest BCUT2D eigenvalue weighted by molar-refractivity contribution is 6.23. The van der Waals surface area contributed by atoms with E-state index in [2.05, 4.69) is 0 Å². The fourth-order valence-corrected chi connectivity index (χ4v) is 4.29. The van der Waals surface area contributed by atoms with Gasteiger partial charge in [0, 0.05) is 13.0 Å². The molecular formula is C20H20N2O8. The molecule has 2 N–H and O–H groups in total. The van der Waals surface area contributed by atoms with Crippen LogP contribution in [-0.4, -0.2) is 80.5 Å². The number of aliphatic carboxylic acids is 1. The van der Waals surface area contributed by atoms with Crippen LogP contribution in [0.15, 0.2) is 24.3 Å². The molecule has 2 saturated heterocycles. The molecule has 1 aromatic rings. The van der Waals surface area contributed by atoms with Crippen molar-refractivity contribution in [2.75, 3.05) is 6.61 Å². The average molecular weight is 416 g/mol. The summed E-state index contributed by atoms with van der Waals surface area (Å²) in [6, 6.07) is 3.86. The molecular weight excluding hydrogens is 396 g/mol. The summed E-state index contributed by atoms with van der Waals surface area (Å²) in [6.07, 6.45) is -1.37. The molecule has 1 aromatic carbocycles. The zero-order valence-electron chi connectivity index (χ0n) is 15.9. The summed E-state index contributed by atoms with van der Waals surface area (Å²) >= 11 is 0. The zero-order chi connectivity index (χ0) is 21.6. The molecule has 3 heterocycles. The van der Waals surface area contributed by atoms with Gasteiger partial charge in [-0.15, -0.1) is 0 Å². The summed E-state index contributed by atoms with van der Waals surface area (Å²) in [5.41, 5.74) is 0.309. The van der Waals surface area contributed by atoms with E-state index < -0.39 is 48.1 Å². The van der Waals surface area contributed by atoms with E-state index in [9.17, 15) is 29.1 Å². The lowest BCUT2D eigenvalue weighted by Gasteiger charge is -2.50. The van der Waals surface area contributed by atoms with Gasteiger partial charge < -0.3 is 14.9 Å². The van der Waals surface area contributed by atoms with Crippen molar-refractivity contribution in [1.82, 2.24) is 9.80 Å². The van der Waals surface area contributed by atoms with E-state index in [1.807, 2.05) is 0 Å². The minimum atomic E-state index is -2.13. The Bertz CT molecular complexity index is 903. The second-order valence-electron chi connectivity index (χ2n) is 7.50. The Hall–Kier alpha value is -3.11. The first-order valence-electron chi connectivity index (χ1n) is 9.67. The van der Waals surface area contributed by atoms with Crippen molar-refractivity contribution in [3.8, 4) is 0 Å². The number of aliphatic hydroxyl groups excluding tert-OH is 1. The van der Waals surface area contributed by atoms with Crippen LogP contribution in [0.3, 0.4) is 0 Å². The summed E-state index contributed by atoms with van der Waals surface area (Å²) in [6.45, 7) is 0.486. The van der Waals surface area contributed by atoms with Gasteiger partial charge in [0.1, 0.15) is 12.1 Å². The highest BCUT2D eigenvalue weighted by Gasteiger charge is 2.58. The van der Waals surface area contributed by atoms with Crippen molar-refractivity contribution in [1.29, 1.82) is 0 Å². The number of ketones is 1. The number of ether oxygens (including phenoxy) is 1. The van der Waals surface area contributed by atoms with Crippen molar-refractivity contribution in [3.05, 3.63) is 35.4 Å². The number of likely N-dealkylation sites (tertiary alicyclic amines) is 1. The Morgan fingerprint density at radius 3 is 2.30 bits per heavy atom. The summed E-state index contributed by atoms with van der Waals surface area (Å²) in [4.78, 5) is 63.3. The van der Waals surface area contributed by atoms with Gasteiger partial charge in [0.2, 0.25) is 6.23 Å². The van der Waals surface area contributed by atoms with Gasteiger partial charge in [-0.05, 0) is 31.4 Å². The topological polar surface area (TPSA) is 142 Å². The number of amides is 3. The monoisotopic (exact) mass is 416 g/mol. The number of carboxylic acids is 1. The maximum absolute atomic E-state index is 12.8. The first kappa shape index (κ1) is 20.2. The van der Waals surface area contributed by atoms with Crippen molar-refractivity contribution < 1.29 is 38.9 Å². The average Bonchev–Trinajstić information content (AvgIpc) is 3.35. The lowest BCUT2D eigenvalue weighted by molar-refractivity contribution is -0.187. The van der Waals surface area contributed by atoms with E-state index in [1.54, 1.807) is 12.1 Å². The summed E-state index contributed by atoms with van der Waals surface area (Å²) in [5, 5.41) is 19.1. The Morgan fingerprint density at radius 1 is 1.13 bits per heavy atom. The predicted molar refractivity (Wildman–Crippen MR) is 98.2 cm³/mol. The molecule has 4 rings (SSSR count). The molecule has 3 aliphatic rings. The van der Waals surface area contributed by atoms with E-state index in [4.69, 9.17) is 9.84 Å². The number of imide groups is 1. The standard InChI is InChI=1S/C20H20N2O8/c23-13(14-6-3-9-30-14)8-7-12-15(18(26)21(12)19(27)20(28)29)22-16(24)10-4-1-2-5-11(10)17(22)25/h1-2,4-5,12,14-15,19,27H,3,6-9H2,(H,28,29)/t12-,14+,15+,19+/m1/s1. The Balaban J connectivity index is 1.57. The molecule has 3 amide bonds.